The van der Waals surface area contributed by atoms with Gasteiger partial charge in [-0.15, -0.1) is 21.5 Å². The standard InChI is InChI=1S/C12H14N4OS2/c13-10(17)7-19-12-15-14-11(16(12)8-3-4-8)6-9-2-1-5-18-9/h1-2,5,8H,3-4,6-7H2,(H2,13,17). The fourth-order valence-electron chi connectivity index (χ4n) is 1.93. The van der Waals surface area contributed by atoms with Crippen molar-refractivity contribution in [3.05, 3.63) is 28.2 Å². The molecule has 100 valence electrons. The van der Waals surface area contributed by atoms with Gasteiger partial charge >= 0.3 is 0 Å². The number of rotatable bonds is 6. The highest BCUT2D eigenvalue weighted by molar-refractivity contribution is 7.99. The molecule has 1 fully saturated rings. The monoisotopic (exact) mass is 294 g/mol. The minimum atomic E-state index is -0.324. The molecule has 0 bridgehead atoms. The highest BCUT2D eigenvalue weighted by Crippen LogP contribution is 2.39. The van der Waals surface area contributed by atoms with Crippen LogP contribution in [-0.2, 0) is 11.2 Å². The predicted octanol–water partition coefficient (Wildman–Crippen LogP) is 1.84. The number of nitrogens with zero attached hydrogens (tertiary/aromatic N) is 3. The van der Waals surface area contributed by atoms with Crippen LogP contribution in [-0.4, -0.2) is 26.4 Å². The number of amides is 1. The van der Waals surface area contributed by atoms with E-state index in [2.05, 4.69) is 26.2 Å². The minimum absolute atomic E-state index is 0.254. The second-order valence-corrected chi connectivity index (χ2v) is 6.49. The van der Waals surface area contributed by atoms with Gasteiger partial charge in [-0.2, -0.15) is 0 Å². The molecule has 2 aromatic rings. The summed E-state index contributed by atoms with van der Waals surface area (Å²) in [6.45, 7) is 0. The Balaban J connectivity index is 1.81. The van der Waals surface area contributed by atoms with Crippen LogP contribution in [0.3, 0.4) is 0 Å². The zero-order valence-electron chi connectivity index (χ0n) is 10.3. The molecule has 1 aliphatic rings. The van der Waals surface area contributed by atoms with Gasteiger partial charge in [-0.3, -0.25) is 4.79 Å². The molecule has 0 unspecified atom stereocenters. The van der Waals surface area contributed by atoms with E-state index in [9.17, 15) is 4.79 Å². The normalized spacial score (nSPS) is 14.7. The van der Waals surface area contributed by atoms with E-state index in [0.29, 0.717) is 6.04 Å². The molecule has 2 N–H and O–H groups in total. The highest BCUT2D eigenvalue weighted by Gasteiger charge is 2.29. The van der Waals surface area contributed by atoms with E-state index in [0.717, 1.165) is 17.4 Å². The van der Waals surface area contributed by atoms with Crippen LogP contribution in [0, 0.1) is 0 Å². The van der Waals surface area contributed by atoms with E-state index in [1.54, 1.807) is 11.3 Å². The van der Waals surface area contributed by atoms with Gasteiger partial charge in [-0.05, 0) is 24.3 Å². The van der Waals surface area contributed by atoms with Crippen molar-refractivity contribution >= 4 is 29.0 Å². The maximum absolute atomic E-state index is 10.9. The van der Waals surface area contributed by atoms with Crippen LogP contribution in [0.1, 0.15) is 29.6 Å². The zero-order chi connectivity index (χ0) is 13.2. The van der Waals surface area contributed by atoms with Crippen LogP contribution in [0.4, 0.5) is 0 Å². The molecule has 1 aliphatic carbocycles. The molecule has 2 heterocycles. The summed E-state index contributed by atoms with van der Waals surface area (Å²) in [7, 11) is 0. The predicted molar refractivity (Wildman–Crippen MR) is 75.3 cm³/mol. The van der Waals surface area contributed by atoms with Gasteiger partial charge in [0, 0.05) is 17.3 Å². The van der Waals surface area contributed by atoms with E-state index < -0.39 is 0 Å². The Labute approximate surface area is 119 Å². The van der Waals surface area contributed by atoms with Crippen LogP contribution >= 0.6 is 23.1 Å². The van der Waals surface area contributed by atoms with Crippen molar-refractivity contribution in [3.63, 3.8) is 0 Å². The molecule has 0 atom stereocenters. The Morgan fingerprint density at radius 1 is 1.53 bits per heavy atom. The largest absolute Gasteiger partial charge is 0.369 e. The van der Waals surface area contributed by atoms with Crippen molar-refractivity contribution in [2.45, 2.75) is 30.5 Å². The summed E-state index contributed by atoms with van der Waals surface area (Å²) < 4.78 is 2.17. The maximum Gasteiger partial charge on any atom is 0.227 e. The van der Waals surface area contributed by atoms with Crippen molar-refractivity contribution in [1.82, 2.24) is 14.8 Å². The molecule has 0 radical (unpaired) electrons. The van der Waals surface area contributed by atoms with E-state index in [1.165, 1.54) is 29.5 Å². The number of thioether (sulfide) groups is 1. The number of thiophene rings is 1. The number of carbonyl (C=O) groups excluding carboxylic acids is 1. The summed E-state index contributed by atoms with van der Waals surface area (Å²) in [5.74, 6) is 0.913. The summed E-state index contributed by atoms with van der Waals surface area (Å²) in [6.07, 6.45) is 3.14. The van der Waals surface area contributed by atoms with Gasteiger partial charge in [-0.1, -0.05) is 17.8 Å². The number of hydrogen-bond acceptors (Lipinski definition) is 5. The Morgan fingerprint density at radius 3 is 3.00 bits per heavy atom. The number of primary amides is 1. The average molecular weight is 294 g/mol. The van der Waals surface area contributed by atoms with Gasteiger partial charge in [0.15, 0.2) is 5.16 Å². The number of hydrogen-bond donors (Lipinski definition) is 1. The summed E-state index contributed by atoms with van der Waals surface area (Å²) in [5.41, 5.74) is 5.18. The third kappa shape index (κ3) is 2.98. The van der Waals surface area contributed by atoms with Gasteiger partial charge in [0.05, 0.1) is 5.75 Å². The fraction of sp³-hybridized carbons (Fsp3) is 0.417. The SMILES string of the molecule is NC(=O)CSc1nnc(Cc2cccs2)n1C1CC1. The fourth-order valence-corrected chi connectivity index (χ4v) is 3.40. The lowest BCUT2D eigenvalue weighted by molar-refractivity contribution is -0.115. The van der Waals surface area contributed by atoms with Gasteiger partial charge in [-0.25, -0.2) is 0 Å². The third-order valence-corrected chi connectivity index (χ3v) is 4.74. The molecular weight excluding hydrogens is 280 g/mol. The third-order valence-electron chi connectivity index (χ3n) is 2.90. The number of nitrogens with two attached hydrogens (primary N) is 1. The lowest BCUT2D eigenvalue weighted by atomic mass is 10.3. The zero-order valence-corrected chi connectivity index (χ0v) is 11.9. The smallest absolute Gasteiger partial charge is 0.227 e. The summed E-state index contributed by atoms with van der Waals surface area (Å²) in [6, 6.07) is 4.65. The Hall–Kier alpha value is -1.34. The van der Waals surface area contributed by atoms with E-state index in [4.69, 9.17) is 5.73 Å². The molecule has 2 aromatic heterocycles. The van der Waals surface area contributed by atoms with Crippen LogP contribution in [0.25, 0.3) is 0 Å². The van der Waals surface area contributed by atoms with Crippen molar-refractivity contribution in [2.24, 2.45) is 5.73 Å². The highest BCUT2D eigenvalue weighted by atomic mass is 32.2. The molecular formula is C12H14N4OS2. The van der Waals surface area contributed by atoms with E-state index in [1.807, 2.05) is 6.07 Å². The average Bonchev–Trinajstić information content (AvgIpc) is 2.94. The molecule has 7 heteroatoms. The topological polar surface area (TPSA) is 73.8 Å². The molecule has 1 saturated carbocycles. The maximum atomic E-state index is 10.9. The van der Waals surface area contributed by atoms with Crippen molar-refractivity contribution < 1.29 is 4.79 Å². The first-order valence-corrected chi connectivity index (χ1v) is 7.98. The van der Waals surface area contributed by atoms with Gasteiger partial charge in [0.25, 0.3) is 0 Å². The molecule has 0 aromatic carbocycles. The Kier molecular flexibility index (Phi) is 3.56. The van der Waals surface area contributed by atoms with Gasteiger partial charge in [0.1, 0.15) is 5.82 Å². The number of aromatic nitrogens is 3. The van der Waals surface area contributed by atoms with Crippen LogP contribution in [0.15, 0.2) is 22.7 Å². The first-order valence-electron chi connectivity index (χ1n) is 6.11. The van der Waals surface area contributed by atoms with Crippen LogP contribution in [0.2, 0.25) is 0 Å². The van der Waals surface area contributed by atoms with E-state index >= 15 is 0 Å². The van der Waals surface area contributed by atoms with Gasteiger partial charge in [0.2, 0.25) is 5.91 Å². The van der Waals surface area contributed by atoms with Crippen LogP contribution in [0.5, 0.6) is 0 Å². The molecule has 1 amide bonds. The summed E-state index contributed by atoms with van der Waals surface area (Å²) in [5, 5.41) is 11.4. The van der Waals surface area contributed by atoms with E-state index in [-0.39, 0.29) is 11.7 Å². The first-order chi connectivity index (χ1) is 9.24. The number of carbonyl (C=O) groups is 1. The summed E-state index contributed by atoms with van der Waals surface area (Å²) >= 11 is 3.10. The molecule has 0 saturated heterocycles. The van der Waals surface area contributed by atoms with Crippen molar-refractivity contribution in [1.29, 1.82) is 0 Å². The van der Waals surface area contributed by atoms with Crippen molar-refractivity contribution in [3.8, 4) is 0 Å². The molecule has 5 nitrogen and oxygen atoms in total. The van der Waals surface area contributed by atoms with Crippen LogP contribution < -0.4 is 5.73 Å². The second kappa shape index (κ2) is 5.34. The summed E-state index contributed by atoms with van der Waals surface area (Å²) in [4.78, 5) is 12.2. The molecule has 19 heavy (non-hydrogen) atoms. The molecule has 0 aliphatic heterocycles. The van der Waals surface area contributed by atoms with Crippen molar-refractivity contribution in [2.75, 3.05) is 5.75 Å². The molecule has 0 spiro atoms. The second-order valence-electron chi connectivity index (χ2n) is 4.51. The lowest BCUT2D eigenvalue weighted by Gasteiger charge is -2.07. The quantitative estimate of drug-likeness (QED) is 0.825. The lowest BCUT2D eigenvalue weighted by Crippen LogP contribution is -2.14. The molecule has 3 rings (SSSR count). The minimum Gasteiger partial charge on any atom is -0.369 e. The Bertz CT molecular complexity index is 575. The van der Waals surface area contributed by atoms with Gasteiger partial charge < -0.3 is 10.3 Å². The first kappa shape index (κ1) is 12.7. The Morgan fingerprint density at radius 2 is 2.37 bits per heavy atom.